The summed E-state index contributed by atoms with van der Waals surface area (Å²) in [5.41, 5.74) is 0.350. The Hall–Kier alpha value is -2.22. The van der Waals surface area contributed by atoms with Gasteiger partial charge >= 0.3 is 5.97 Å². The molecule has 1 aromatic carbocycles. The summed E-state index contributed by atoms with van der Waals surface area (Å²) >= 11 is 1.16. The molecule has 124 valence electrons. The zero-order valence-electron chi connectivity index (χ0n) is 12.9. The van der Waals surface area contributed by atoms with Gasteiger partial charge in [-0.15, -0.1) is 0 Å². The third kappa shape index (κ3) is 4.38. The van der Waals surface area contributed by atoms with Gasteiger partial charge in [0.05, 0.1) is 14.2 Å². The molecule has 0 unspecified atom stereocenters. The molecule has 2 rings (SSSR count). The molecular formula is C15H17NO6S. The maximum Gasteiger partial charge on any atom is 0.326 e. The molecular weight excluding hydrogens is 322 g/mol. The SMILES string of the molecule is COc1ccc(C(=O)COC(=O)CN2CCSC2=O)cc1OC. The maximum atomic E-state index is 12.1. The molecule has 1 aliphatic heterocycles. The summed E-state index contributed by atoms with van der Waals surface area (Å²) < 4.78 is 15.1. The number of esters is 1. The number of thioether (sulfide) groups is 1. The van der Waals surface area contributed by atoms with Crippen LogP contribution in [-0.4, -0.2) is 61.6 Å². The number of amides is 1. The van der Waals surface area contributed by atoms with Crippen molar-refractivity contribution in [3.63, 3.8) is 0 Å². The lowest BCUT2D eigenvalue weighted by molar-refractivity contribution is -0.142. The summed E-state index contributed by atoms with van der Waals surface area (Å²) in [7, 11) is 2.97. The van der Waals surface area contributed by atoms with Gasteiger partial charge in [-0.25, -0.2) is 0 Å². The van der Waals surface area contributed by atoms with E-state index in [-0.39, 0.29) is 24.2 Å². The van der Waals surface area contributed by atoms with Crippen molar-refractivity contribution in [1.82, 2.24) is 4.90 Å². The second kappa shape index (κ2) is 7.87. The average Bonchev–Trinajstić information content (AvgIpc) is 2.96. The Bertz CT molecular complexity index is 618. The minimum absolute atomic E-state index is 0.134. The van der Waals surface area contributed by atoms with Crippen molar-refractivity contribution in [2.24, 2.45) is 0 Å². The van der Waals surface area contributed by atoms with Gasteiger partial charge in [0, 0.05) is 17.9 Å². The van der Waals surface area contributed by atoms with Crippen LogP contribution in [0.5, 0.6) is 11.5 Å². The topological polar surface area (TPSA) is 82.1 Å². The van der Waals surface area contributed by atoms with Gasteiger partial charge in [-0.05, 0) is 18.2 Å². The summed E-state index contributed by atoms with van der Waals surface area (Å²) in [6.07, 6.45) is 0. The van der Waals surface area contributed by atoms with Crippen molar-refractivity contribution < 1.29 is 28.6 Å². The highest BCUT2D eigenvalue weighted by atomic mass is 32.2. The third-order valence-corrected chi connectivity index (χ3v) is 4.13. The number of rotatable bonds is 7. The molecule has 1 aliphatic rings. The Morgan fingerprint density at radius 2 is 1.96 bits per heavy atom. The number of nitrogens with zero attached hydrogens (tertiary/aromatic N) is 1. The van der Waals surface area contributed by atoms with E-state index in [4.69, 9.17) is 14.2 Å². The van der Waals surface area contributed by atoms with Crippen molar-refractivity contribution in [3.05, 3.63) is 23.8 Å². The number of ketones is 1. The fraction of sp³-hybridized carbons (Fsp3) is 0.400. The van der Waals surface area contributed by atoms with Gasteiger partial charge in [0.2, 0.25) is 0 Å². The van der Waals surface area contributed by atoms with Crippen LogP contribution in [0.4, 0.5) is 4.79 Å². The Morgan fingerprint density at radius 3 is 2.57 bits per heavy atom. The van der Waals surface area contributed by atoms with Crippen LogP contribution in [0.3, 0.4) is 0 Å². The predicted octanol–water partition coefficient (Wildman–Crippen LogP) is 1.60. The Kier molecular flexibility index (Phi) is 5.86. The molecule has 0 radical (unpaired) electrons. The summed E-state index contributed by atoms with van der Waals surface area (Å²) in [4.78, 5) is 36.5. The number of ether oxygens (including phenoxy) is 3. The summed E-state index contributed by atoms with van der Waals surface area (Å²) in [5, 5.41) is -0.145. The second-order valence-electron chi connectivity index (χ2n) is 4.69. The minimum atomic E-state index is -0.602. The molecule has 0 aromatic heterocycles. The van der Waals surface area contributed by atoms with Gasteiger partial charge in [-0.1, -0.05) is 11.8 Å². The largest absolute Gasteiger partial charge is 0.493 e. The van der Waals surface area contributed by atoms with Crippen molar-refractivity contribution in [1.29, 1.82) is 0 Å². The molecule has 0 spiro atoms. The van der Waals surface area contributed by atoms with Gasteiger partial charge in [0.1, 0.15) is 6.54 Å². The molecule has 8 heteroatoms. The molecule has 0 aliphatic carbocycles. The van der Waals surface area contributed by atoms with Gasteiger partial charge in [0.25, 0.3) is 5.24 Å². The zero-order valence-corrected chi connectivity index (χ0v) is 13.7. The van der Waals surface area contributed by atoms with Crippen molar-refractivity contribution >= 4 is 28.8 Å². The zero-order chi connectivity index (χ0) is 16.8. The van der Waals surface area contributed by atoms with Crippen LogP contribution in [0, 0.1) is 0 Å². The van der Waals surface area contributed by atoms with Crippen molar-refractivity contribution in [2.75, 3.05) is 39.7 Å². The normalized spacial score (nSPS) is 13.8. The Balaban J connectivity index is 1.89. The molecule has 23 heavy (non-hydrogen) atoms. The standard InChI is InChI=1S/C15H17NO6S/c1-20-12-4-3-10(7-13(12)21-2)11(17)9-22-14(18)8-16-5-6-23-15(16)19/h3-4,7H,5-6,8-9H2,1-2H3. The molecule has 1 saturated heterocycles. The van der Waals surface area contributed by atoms with Crippen LogP contribution in [0.1, 0.15) is 10.4 Å². The first kappa shape index (κ1) is 17.1. The quantitative estimate of drug-likeness (QED) is 0.551. The van der Waals surface area contributed by atoms with E-state index >= 15 is 0 Å². The molecule has 1 heterocycles. The van der Waals surface area contributed by atoms with Crippen LogP contribution in [-0.2, 0) is 9.53 Å². The lowest BCUT2D eigenvalue weighted by Gasteiger charge is -2.13. The maximum absolute atomic E-state index is 12.1. The molecule has 1 amide bonds. The molecule has 7 nitrogen and oxygen atoms in total. The number of benzene rings is 1. The number of hydrogen-bond donors (Lipinski definition) is 0. The van der Waals surface area contributed by atoms with Crippen LogP contribution in [0.15, 0.2) is 18.2 Å². The number of Topliss-reactive ketones (excluding diaryl/α,β-unsaturated/α-hetero) is 1. The van der Waals surface area contributed by atoms with Crippen LogP contribution in [0.2, 0.25) is 0 Å². The van der Waals surface area contributed by atoms with Gasteiger partial charge < -0.3 is 19.1 Å². The van der Waals surface area contributed by atoms with Crippen LogP contribution < -0.4 is 9.47 Å². The van der Waals surface area contributed by atoms with E-state index in [2.05, 4.69) is 0 Å². The van der Waals surface area contributed by atoms with E-state index in [0.29, 0.717) is 29.4 Å². The van der Waals surface area contributed by atoms with Gasteiger partial charge in [0.15, 0.2) is 23.9 Å². The highest BCUT2D eigenvalue weighted by molar-refractivity contribution is 8.13. The van der Waals surface area contributed by atoms with Crippen molar-refractivity contribution in [2.45, 2.75) is 0 Å². The van der Waals surface area contributed by atoms with E-state index in [1.807, 2.05) is 0 Å². The molecule has 0 saturated carbocycles. The molecule has 0 bridgehead atoms. The van der Waals surface area contributed by atoms with Crippen LogP contribution in [0.25, 0.3) is 0 Å². The van der Waals surface area contributed by atoms with Crippen molar-refractivity contribution in [3.8, 4) is 11.5 Å². The smallest absolute Gasteiger partial charge is 0.326 e. The van der Waals surface area contributed by atoms with E-state index in [9.17, 15) is 14.4 Å². The first-order valence-corrected chi connectivity index (χ1v) is 7.86. The lowest BCUT2D eigenvalue weighted by Crippen LogP contribution is -2.31. The Labute approximate surface area is 137 Å². The van der Waals surface area contributed by atoms with E-state index in [1.165, 1.54) is 25.2 Å². The van der Waals surface area contributed by atoms with Crippen LogP contribution >= 0.6 is 11.8 Å². The summed E-state index contributed by atoms with van der Waals surface area (Å²) in [6, 6.07) is 4.70. The highest BCUT2D eigenvalue weighted by Crippen LogP contribution is 2.27. The third-order valence-electron chi connectivity index (χ3n) is 3.23. The molecule has 0 N–H and O–H groups in total. The molecule has 1 fully saturated rings. The van der Waals surface area contributed by atoms with Gasteiger partial charge in [-0.3, -0.25) is 14.4 Å². The summed E-state index contributed by atoms with van der Waals surface area (Å²) in [6.45, 7) is -0.00321. The average molecular weight is 339 g/mol. The first-order chi connectivity index (χ1) is 11.0. The van der Waals surface area contributed by atoms with E-state index < -0.39 is 5.97 Å². The monoisotopic (exact) mass is 339 g/mol. The molecule has 0 atom stereocenters. The molecule has 1 aromatic rings. The number of carbonyl (C=O) groups is 3. The summed E-state index contributed by atoms with van der Waals surface area (Å²) in [5.74, 6) is 0.628. The number of hydrogen-bond acceptors (Lipinski definition) is 7. The fourth-order valence-electron chi connectivity index (χ4n) is 2.01. The van der Waals surface area contributed by atoms with Gasteiger partial charge in [-0.2, -0.15) is 0 Å². The number of carbonyl (C=O) groups excluding carboxylic acids is 3. The number of methoxy groups -OCH3 is 2. The fourth-order valence-corrected chi connectivity index (χ4v) is 2.83. The predicted molar refractivity (Wildman–Crippen MR) is 84.3 cm³/mol. The Morgan fingerprint density at radius 1 is 1.22 bits per heavy atom. The first-order valence-electron chi connectivity index (χ1n) is 6.87. The highest BCUT2D eigenvalue weighted by Gasteiger charge is 2.24. The van der Waals surface area contributed by atoms with E-state index in [0.717, 1.165) is 11.8 Å². The second-order valence-corrected chi connectivity index (χ2v) is 5.74. The lowest BCUT2D eigenvalue weighted by atomic mass is 10.1. The van der Waals surface area contributed by atoms with E-state index in [1.54, 1.807) is 12.1 Å². The minimum Gasteiger partial charge on any atom is -0.493 e.